The van der Waals surface area contributed by atoms with Gasteiger partial charge in [-0.05, 0) is 48.5 Å². The minimum Gasteiger partial charge on any atom is -0.540 e. The molecule has 0 aliphatic heterocycles. The van der Waals surface area contributed by atoms with Crippen molar-refractivity contribution < 1.29 is 55.6 Å². The van der Waals surface area contributed by atoms with E-state index in [1.165, 1.54) is 38.5 Å². The quantitative estimate of drug-likeness (QED) is 0.552. The summed E-state index contributed by atoms with van der Waals surface area (Å²) in [6, 6.07) is 12.5. The number of carbonyl (C=O) groups is 4. The Morgan fingerprint density at radius 2 is 0.931 bits per heavy atom. The number of hydrogen-bond acceptors (Lipinski definition) is 8. The van der Waals surface area contributed by atoms with Gasteiger partial charge in [-0.2, -0.15) is 0 Å². The number of anilines is 2. The van der Waals surface area contributed by atoms with Crippen LogP contribution < -0.4 is 30.3 Å². The van der Waals surface area contributed by atoms with Crippen LogP contribution in [0.5, 0.6) is 11.5 Å². The molecule has 0 aromatic heterocycles. The zero-order valence-electron chi connectivity index (χ0n) is 15.2. The summed E-state index contributed by atoms with van der Waals surface area (Å²) in [6.07, 6.45) is 0. The van der Waals surface area contributed by atoms with Crippen molar-refractivity contribution in [2.45, 2.75) is 0 Å². The normalized spacial score (nSPS) is 8.90. The first-order chi connectivity index (χ1) is 13.3. The second-order valence-corrected chi connectivity index (χ2v) is 4.94. The minimum absolute atomic E-state index is 0. The average Bonchev–Trinajstić information content (AvgIpc) is 2.69. The zero-order chi connectivity index (χ0) is 21.1. The average molecular weight is 447 g/mol. The maximum atomic E-state index is 10.7. The molecule has 2 N–H and O–H groups in total. The van der Waals surface area contributed by atoms with E-state index in [9.17, 15) is 29.4 Å². The topological polar surface area (TPSA) is 157 Å². The van der Waals surface area contributed by atoms with Crippen LogP contribution in [-0.4, -0.2) is 38.0 Å². The van der Waals surface area contributed by atoms with Crippen molar-refractivity contribution in [3.63, 3.8) is 0 Å². The first kappa shape index (κ1) is 25.4. The van der Waals surface area contributed by atoms with Crippen LogP contribution in [0.4, 0.5) is 11.4 Å². The van der Waals surface area contributed by atoms with Crippen LogP contribution >= 0.6 is 0 Å². The Balaban J connectivity index is 0.000000523. The van der Waals surface area contributed by atoms with E-state index < -0.39 is 23.8 Å². The van der Waals surface area contributed by atoms with Gasteiger partial charge >= 0.3 is 16.8 Å². The van der Waals surface area contributed by atoms with Gasteiger partial charge in [0, 0.05) is 11.4 Å². The van der Waals surface area contributed by atoms with Crippen molar-refractivity contribution in [3.05, 3.63) is 48.5 Å². The van der Waals surface area contributed by atoms with E-state index in [0.717, 1.165) is 0 Å². The van der Waals surface area contributed by atoms with E-state index in [1.54, 1.807) is 24.3 Å². The van der Waals surface area contributed by atoms with E-state index in [-0.39, 0.29) is 16.8 Å². The molecule has 0 saturated carbocycles. The molecule has 29 heavy (non-hydrogen) atoms. The third kappa shape index (κ3) is 9.26. The number of aliphatic carboxylic acids is 2. The van der Waals surface area contributed by atoms with E-state index >= 15 is 0 Å². The van der Waals surface area contributed by atoms with Crippen LogP contribution in [0.2, 0.25) is 0 Å². The van der Waals surface area contributed by atoms with E-state index in [1.807, 2.05) is 0 Å². The molecule has 2 rings (SSSR count). The van der Waals surface area contributed by atoms with Crippen LogP contribution in [-0.2, 0) is 36.0 Å². The Kier molecular flexibility index (Phi) is 11.2. The van der Waals surface area contributed by atoms with E-state index in [0.29, 0.717) is 22.9 Å². The predicted octanol–water partition coefficient (Wildman–Crippen LogP) is -1.24. The van der Waals surface area contributed by atoms with Gasteiger partial charge in [0.25, 0.3) is 11.8 Å². The number of amides is 2. The first-order valence-corrected chi connectivity index (χ1v) is 7.59. The SMILES string of the molecule is COc1ccc(NC(=O)C(=O)[O-])cc1.COc1ccc(NC(=O)C(=O)[O-])cc1.[Co+2]. The van der Waals surface area contributed by atoms with Gasteiger partial charge in [0.2, 0.25) is 0 Å². The fourth-order valence-electron chi connectivity index (χ4n) is 1.71. The van der Waals surface area contributed by atoms with Crippen molar-refractivity contribution >= 4 is 35.1 Å². The molecular weight excluding hydrogens is 431 g/mol. The second-order valence-electron chi connectivity index (χ2n) is 4.94. The molecule has 0 saturated heterocycles. The van der Waals surface area contributed by atoms with Crippen LogP contribution in [0, 0.1) is 0 Å². The number of nitrogens with one attached hydrogen (secondary N) is 2. The van der Waals surface area contributed by atoms with Gasteiger partial charge in [-0.25, -0.2) is 0 Å². The molecule has 10 nitrogen and oxygen atoms in total. The molecule has 0 aliphatic rings. The maximum absolute atomic E-state index is 10.7. The number of hydrogen-bond donors (Lipinski definition) is 2. The Hall–Kier alpha value is -3.57. The molecule has 11 heteroatoms. The standard InChI is InChI=1S/2C9H9NO4.Co/c2*1-14-7-4-2-6(3-5-7)10-8(11)9(12)13;/h2*2-5H,1H3,(H,10,11)(H,12,13);/q;;+2/p-2. The number of carboxylic acids is 2. The maximum Gasteiger partial charge on any atom is 2.00 e. The fraction of sp³-hybridized carbons (Fsp3) is 0.111. The third-order valence-electron chi connectivity index (χ3n) is 3.07. The number of ether oxygens (including phenoxy) is 2. The molecule has 0 atom stereocenters. The van der Waals surface area contributed by atoms with Crippen LogP contribution in [0.15, 0.2) is 48.5 Å². The Morgan fingerprint density at radius 1 is 0.655 bits per heavy atom. The van der Waals surface area contributed by atoms with Crippen LogP contribution in [0.1, 0.15) is 0 Å². The molecular formula is C18H16CoN2O8. The molecule has 0 fully saturated rings. The van der Waals surface area contributed by atoms with Gasteiger partial charge in [0.05, 0.1) is 14.2 Å². The van der Waals surface area contributed by atoms with Crippen molar-refractivity contribution in [1.29, 1.82) is 0 Å². The zero-order valence-corrected chi connectivity index (χ0v) is 16.3. The molecule has 2 aromatic carbocycles. The second kappa shape index (κ2) is 12.7. The van der Waals surface area contributed by atoms with Gasteiger partial charge in [-0.1, -0.05) is 0 Å². The van der Waals surface area contributed by atoms with Crippen molar-refractivity contribution in [2.24, 2.45) is 0 Å². The Labute approximate surface area is 176 Å². The molecule has 1 radical (unpaired) electrons. The number of carboxylic acid groups (broad SMARTS) is 2. The van der Waals surface area contributed by atoms with Gasteiger partial charge in [-0.15, -0.1) is 0 Å². The van der Waals surface area contributed by atoms with E-state index in [4.69, 9.17) is 9.47 Å². The van der Waals surface area contributed by atoms with E-state index in [2.05, 4.69) is 10.6 Å². The molecule has 0 spiro atoms. The summed E-state index contributed by atoms with van der Waals surface area (Å²) < 4.78 is 9.76. The van der Waals surface area contributed by atoms with Crippen LogP contribution in [0.25, 0.3) is 0 Å². The summed E-state index contributed by atoms with van der Waals surface area (Å²) in [4.78, 5) is 41.5. The summed E-state index contributed by atoms with van der Waals surface area (Å²) in [5.41, 5.74) is 0.750. The smallest absolute Gasteiger partial charge is 0.540 e. The fourth-order valence-corrected chi connectivity index (χ4v) is 1.71. The number of rotatable bonds is 4. The molecule has 0 aliphatic carbocycles. The number of carbonyl (C=O) groups excluding carboxylic acids is 4. The molecule has 0 heterocycles. The van der Waals surface area contributed by atoms with Gasteiger partial charge < -0.3 is 39.9 Å². The number of methoxy groups -OCH3 is 2. The number of benzene rings is 2. The molecule has 0 bridgehead atoms. The van der Waals surface area contributed by atoms with Crippen molar-refractivity contribution in [2.75, 3.05) is 24.9 Å². The van der Waals surface area contributed by atoms with Gasteiger partial charge in [-0.3, -0.25) is 9.59 Å². The summed E-state index contributed by atoms with van der Waals surface area (Å²) in [6.45, 7) is 0. The Morgan fingerprint density at radius 3 is 1.14 bits per heavy atom. The van der Waals surface area contributed by atoms with Crippen LogP contribution in [0.3, 0.4) is 0 Å². The largest absolute Gasteiger partial charge is 2.00 e. The minimum atomic E-state index is -1.76. The summed E-state index contributed by atoms with van der Waals surface area (Å²) in [5.74, 6) is -4.63. The van der Waals surface area contributed by atoms with Gasteiger partial charge in [0.15, 0.2) is 0 Å². The monoisotopic (exact) mass is 447 g/mol. The summed E-state index contributed by atoms with van der Waals surface area (Å²) >= 11 is 0. The third-order valence-corrected chi connectivity index (χ3v) is 3.07. The summed E-state index contributed by atoms with van der Waals surface area (Å²) in [5, 5.41) is 24.4. The molecule has 155 valence electrons. The van der Waals surface area contributed by atoms with Crippen molar-refractivity contribution in [3.8, 4) is 11.5 Å². The molecule has 0 unspecified atom stereocenters. The Bertz CT molecular complexity index is 766. The molecule has 2 amide bonds. The first-order valence-electron chi connectivity index (χ1n) is 7.59. The van der Waals surface area contributed by atoms with Gasteiger partial charge in [0.1, 0.15) is 23.4 Å². The summed E-state index contributed by atoms with van der Waals surface area (Å²) in [7, 11) is 3.02. The van der Waals surface area contributed by atoms with Crippen molar-refractivity contribution in [1.82, 2.24) is 0 Å². The molecule has 2 aromatic rings. The predicted molar refractivity (Wildman–Crippen MR) is 93.3 cm³/mol.